The maximum Gasteiger partial charge on any atom is 0.410 e. The molecule has 21 heteroatoms. The summed E-state index contributed by atoms with van der Waals surface area (Å²) in [5.74, 6) is -1.30. The highest BCUT2D eigenvalue weighted by molar-refractivity contribution is 7.13. The molecule has 4 unspecified atom stereocenters. The van der Waals surface area contributed by atoms with Crippen LogP contribution >= 0.6 is 11.3 Å². The summed E-state index contributed by atoms with van der Waals surface area (Å²) < 4.78 is 35.5. The Labute approximate surface area is 500 Å². The van der Waals surface area contributed by atoms with Crippen molar-refractivity contribution >= 4 is 62.6 Å². The molecule has 4 saturated heterocycles. The number of rotatable bonds is 18. The predicted octanol–water partition coefficient (Wildman–Crippen LogP) is 9.00. The van der Waals surface area contributed by atoms with Crippen molar-refractivity contribution in [3.63, 3.8) is 0 Å². The van der Waals surface area contributed by atoms with E-state index in [1.165, 1.54) is 4.90 Å². The van der Waals surface area contributed by atoms with Crippen LogP contribution in [0, 0.1) is 17.2 Å². The van der Waals surface area contributed by atoms with E-state index in [-0.39, 0.29) is 85.2 Å². The van der Waals surface area contributed by atoms with Gasteiger partial charge in [0.15, 0.2) is 5.82 Å². The second kappa shape index (κ2) is 25.5. The number of piperazine rings is 1. The minimum atomic E-state index is -0.990. The van der Waals surface area contributed by atoms with E-state index in [0.717, 1.165) is 83.2 Å². The summed E-state index contributed by atoms with van der Waals surface area (Å²) in [6.07, 6.45) is 5.13. The molecule has 6 aromatic rings. The summed E-state index contributed by atoms with van der Waals surface area (Å²) in [4.78, 5) is 82.6. The summed E-state index contributed by atoms with van der Waals surface area (Å²) >= 11 is 1.59. The second-order valence-electron chi connectivity index (χ2n) is 25.3. The number of carbonyl (C=O) groups excluding carboxylic acids is 4. The molecule has 2 bridgehead atoms. The Morgan fingerprint density at radius 2 is 1.62 bits per heavy atom. The van der Waals surface area contributed by atoms with Gasteiger partial charge in [-0.05, 0) is 130 Å². The van der Waals surface area contributed by atoms with Gasteiger partial charge >= 0.3 is 12.1 Å². The fourth-order valence-electron chi connectivity index (χ4n) is 12.5. The standard InChI is InChI=1S/C64H81FN10O9S/c1-10-39-13-12-14-42-27-45(76)28-47(52(39)42)54-53(65)55-48(30-66-54)58(73-31-43-19-20-44(32-73)75(43)62(81)84-64(7,8)9)71-61(70-55)83-26-25-72-23-21-38(22-24-72)34-82-35-51(78)69-57(63(4,5)6)60(80)74-33-46(77)29-50(74)59(79)68-37(3)40-15-17-41(18-16-40)56-49(11-2)67-36-85-56/h12-18,27-28,30,36-38,43-44,46,50,57,76-77H,10-11,19-26,29,31-35H2,1-9H3,(H,68,79)(H,69,78)/t37?,43?,44?,46-,50+,57?/m1/s1. The summed E-state index contributed by atoms with van der Waals surface area (Å²) in [6.45, 7) is 20.3. The highest BCUT2D eigenvalue weighted by Gasteiger charge is 2.47. The molecule has 7 heterocycles. The van der Waals surface area contributed by atoms with Crippen molar-refractivity contribution < 1.29 is 48.0 Å². The quantitative estimate of drug-likeness (QED) is 0.0630. The molecule has 3 aromatic carbocycles. The number of anilines is 1. The molecule has 3 aromatic heterocycles. The molecule has 4 amide bonds. The molecule has 4 aliphatic heterocycles. The summed E-state index contributed by atoms with van der Waals surface area (Å²) in [5, 5.41) is 29.6. The van der Waals surface area contributed by atoms with Crippen LogP contribution in [0.3, 0.4) is 0 Å². The van der Waals surface area contributed by atoms with Gasteiger partial charge in [0.1, 0.15) is 53.7 Å². The molecule has 454 valence electrons. The molecule has 0 aliphatic carbocycles. The Morgan fingerprint density at radius 1 is 0.894 bits per heavy atom. The summed E-state index contributed by atoms with van der Waals surface area (Å²) in [6, 6.07) is 14.5. The second-order valence-corrected chi connectivity index (χ2v) is 26.2. The van der Waals surface area contributed by atoms with Gasteiger partial charge in [-0.15, -0.1) is 11.3 Å². The number of phenolic OH excluding ortho intramolecular Hbond substituents is 1. The fraction of sp³-hybridized carbons (Fsp3) is 0.531. The van der Waals surface area contributed by atoms with Gasteiger partial charge in [-0.3, -0.25) is 29.2 Å². The molecule has 85 heavy (non-hydrogen) atoms. The summed E-state index contributed by atoms with van der Waals surface area (Å²) in [5.41, 5.74) is 4.99. The molecule has 0 radical (unpaired) electrons. The zero-order chi connectivity index (χ0) is 60.5. The van der Waals surface area contributed by atoms with E-state index < -0.39 is 46.8 Å². The van der Waals surface area contributed by atoms with Crippen molar-refractivity contribution in [3.8, 4) is 33.5 Å². The Hall–Kier alpha value is -7.07. The Balaban J connectivity index is 0.743. The lowest BCUT2D eigenvalue weighted by Gasteiger charge is -2.42. The smallest absolute Gasteiger partial charge is 0.410 e. The molecular formula is C64H81FN10O9S. The number of hydrogen-bond acceptors (Lipinski definition) is 16. The van der Waals surface area contributed by atoms with E-state index in [1.54, 1.807) is 29.7 Å². The lowest BCUT2D eigenvalue weighted by atomic mass is 9.85. The van der Waals surface area contributed by atoms with Crippen molar-refractivity contribution in [1.29, 1.82) is 0 Å². The van der Waals surface area contributed by atoms with Crippen LogP contribution in [-0.2, 0) is 36.7 Å². The number of aryl methyl sites for hydroxylation is 2. The van der Waals surface area contributed by atoms with E-state index in [0.29, 0.717) is 49.4 Å². The Bertz CT molecular complexity index is 3400. The van der Waals surface area contributed by atoms with Crippen LogP contribution in [0.5, 0.6) is 11.8 Å². The van der Waals surface area contributed by atoms with Gasteiger partial charge < -0.3 is 44.9 Å². The molecule has 19 nitrogen and oxygen atoms in total. The van der Waals surface area contributed by atoms with E-state index in [1.807, 2.05) is 108 Å². The van der Waals surface area contributed by atoms with Crippen LogP contribution in [0.25, 0.3) is 43.4 Å². The van der Waals surface area contributed by atoms with Gasteiger partial charge in [0.2, 0.25) is 17.7 Å². The number of halogens is 1. The number of pyridine rings is 1. The first-order chi connectivity index (χ1) is 40.6. The van der Waals surface area contributed by atoms with E-state index in [2.05, 4.69) is 32.3 Å². The number of ether oxygens (including phenoxy) is 3. The highest BCUT2D eigenvalue weighted by atomic mass is 32.1. The third-order valence-electron chi connectivity index (χ3n) is 16.9. The number of carbonyl (C=O) groups is 4. The van der Waals surface area contributed by atoms with Gasteiger partial charge in [0.05, 0.1) is 52.3 Å². The largest absolute Gasteiger partial charge is 0.508 e. The fourth-order valence-corrected chi connectivity index (χ4v) is 13.4. The number of nitrogens with one attached hydrogen (secondary N) is 2. The number of likely N-dealkylation sites (tertiary alicyclic amines) is 2. The van der Waals surface area contributed by atoms with E-state index in [9.17, 15) is 29.4 Å². The predicted molar refractivity (Wildman–Crippen MR) is 325 cm³/mol. The van der Waals surface area contributed by atoms with Crippen molar-refractivity contribution in [1.82, 2.24) is 45.3 Å². The van der Waals surface area contributed by atoms with Crippen LogP contribution in [0.4, 0.5) is 15.0 Å². The zero-order valence-corrected chi connectivity index (χ0v) is 51.1. The van der Waals surface area contributed by atoms with E-state index in [4.69, 9.17) is 29.2 Å². The van der Waals surface area contributed by atoms with Gasteiger partial charge in [0.25, 0.3) is 0 Å². The van der Waals surface area contributed by atoms with Gasteiger partial charge in [0, 0.05) is 44.4 Å². The number of fused-ring (bicyclic) bond motifs is 4. The van der Waals surface area contributed by atoms with Crippen LogP contribution < -0.4 is 20.3 Å². The number of thiazole rings is 1. The minimum absolute atomic E-state index is 0.0104. The molecular weight excluding hydrogens is 1100 g/mol. The van der Waals surface area contributed by atoms with Crippen molar-refractivity contribution in [3.05, 3.63) is 88.9 Å². The van der Waals surface area contributed by atoms with Crippen LogP contribution in [0.2, 0.25) is 0 Å². The number of amides is 4. The first kappa shape index (κ1) is 61.0. The number of aromatic nitrogens is 4. The maximum absolute atomic E-state index is 17.4. The average molecular weight is 1190 g/mol. The monoisotopic (exact) mass is 1180 g/mol. The highest BCUT2D eigenvalue weighted by Crippen LogP contribution is 2.41. The SMILES string of the molecule is CCc1ncsc1-c1ccc(C(C)NC(=O)[C@@H]2C[C@@H](O)CN2C(=O)C(NC(=O)COCC2CCN(CCOc3nc(N4CC5CCC(C4)N5C(=O)OC(C)(C)C)c4cnc(-c5cc(O)cc6cccc(CC)c56)c(F)c4n3)CC2)C(C)(C)C)cc1. The maximum atomic E-state index is 17.4. The number of aliphatic hydroxyl groups is 1. The van der Waals surface area contributed by atoms with Gasteiger partial charge in [-0.25, -0.2) is 14.2 Å². The van der Waals surface area contributed by atoms with Crippen molar-refractivity contribution in [2.24, 2.45) is 11.3 Å². The molecule has 0 saturated carbocycles. The molecule has 0 spiro atoms. The van der Waals surface area contributed by atoms with Crippen molar-refractivity contribution in [2.75, 3.05) is 64.0 Å². The normalized spacial score (nSPS) is 20.2. The lowest BCUT2D eigenvalue weighted by molar-refractivity contribution is -0.144. The number of piperidine rings is 1. The van der Waals surface area contributed by atoms with Crippen LogP contribution in [0.15, 0.2) is 66.3 Å². The third kappa shape index (κ3) is 13.6. The zero-order valence-electron chi connectivity index (χ0n) is 50.3. The average Bonchev–Trinajstić information content (AvgIpc) is 2.34. The molecule has 4 fully saturated rings. The third-order valence-corrected chi connectivity index (χ3v) is 17.9. The first-order valence-corrected chi connectivity index (χ1v) is 30.9. The minimum Gasteiger partial charge on any atom is -0.508 e. The number of aliphatic hydroxyl groups excluding tert-OH is 1. The van der Waals surface area contributed by atoms with Gasteiger partial charge in [-0.2, -0.15) is 9.97 Å². The molecule has 4 aliphatic rings. The van der Waals surface area contributed by atoms with Crippen LogP contribution in [-0.4, -0.2) is 164 Å². The number of hydrogen-bond donors (Lipinski definition) is 4. The molecule has 6 atom stereocenters. The number of nitrogens with zero attached hydrogens (tertiary/aromatic N) is 8. The topological polar surface area (TPSA) is 225 Å². The van der Waals surface area contributed by atoms with Crippen LogP contribution in [0.1, 0.15) is 117 Å². The van der Waals surface area contributed by atoms with Gasteiger partial charge in [-0.1, -0.05) is 77.1 Å². The number of β-amino-alcohol motifs (C(OH)–C–C–N with tert-alkyl or cyclic N) is 1. The number of phenols is 1. The lowest BCUT2D eigenvalue weighted by Crippen LogP contribution is -2.58. The Morgan fingerprint density at radius 3 is 2.31 bits per heavy atom. The van der Waals surface area contributed by atoms with Crippen molar-refractivity contribution in [2.45, 2.75) is 149 Å². The first-order valence-electron chi connectivity index (χ1n) is 30.0. The van der Waals surface area contributed by atoms with E-state index >= 15 is 4.39 Å². The number of benzene rings is 3. The molecule has 4 N–H and O–H groups in total. The Kier molecular flexibility index (Phi) is 18.3. The molecule has 10 rings (SSSR count). The number of aromatic hydroxyl groups is 1. The summed E-state index contributed by atoms with van der Waals surface area (Å²) in [7, 11) is 0.